The zero-order valence-electron chi connectivity index (χ0n) is 7.58. The predicted molar refractivity (Wildman–Crippen MR) is 47.4 cm³/mol. The molecule has 0 aromatic heterocycles. The van der Waals surface area contributed by atoms with Crippen molar-refractivity contribution in [1.29, 1.82) is 0 Å². The molecule has 0 bridgehead atoms. The van der Waals surface area contributed by atoms with Gasteiger partial charge in [0, 0.05) is 18.9 Å². The van der Waals surface area contributed by atoms with E-state index in [4.69, 9.17) is 0 Å². The van der Waals surface area contributed by atoms with Gasteiger partial charge in [0.15, 0.2) is 0 Å². The van der Waals surface area contributed by atoms with Gasteiger partial charge in [-0.05, 0) is 6.04 Å². The Labute approximate surface area is 71.9 Å². The van der Waals surface area contributed by atoms with Crippen LogP contribution in [0.2, 0.25) is 19.6 Å². The first-order chi connectivity index (χ1) is 3.42. The molecule has 9 heavy (non-hydrogen) atoms. The molecular weight excluding hydrogens is 121 g/mol. The number of hydrogen-bond donors (Lipinski definition) is 1. The third-order valence-electron chi connectivity index (χ3n) is 0.722. The molecule has 3 heteroatoms. The summed E-state index contributed by atoms with van der Waals surface area (Å²) in [6.45, 7) is 11.3. The normalized spacial score (nSPS) is 11.3. The molecule has 1 radical (unpaired) electrons. The number of hydrogen-bond acceptors (Lipinski definition) is 1. The van der Waals surface area contributed by atoms with Crippen LogP contribution < -0.4 is 4.98 Å². The molecule has 0 atom stereocenters. The van der Waals surface area contributed by atoms with Crippen LogP contribution in [0.25, 0.3) is 0 Å². The minimum Gasteiger partial charge on any atom is -0.335 e. The Bertz CT molecular complexity index is 67.9. The van der Waals surface area contributed by atoms with Crippen LogP contribution in [-0.2, 0) is 0 Å². The van der Waals surface area contributed by atoms with Crippen LogP contribution in [0, 0.1) is 0 Å². The minimum absolute atomic E-state index is 0. The van der Waals surface area contributed by atoms with Crippen LogP contribution in [0.15, 0.2) is 0 Å². The van der Waals surface area contributed by atoms with Gasteiger partial charge in [0.25, 0.3) is 0 Å². The Morgan fingerprint density at radius 1 is 1.11 bits per heavy atom. The molecule has 0 aliphatic rings. The van der Waals surface area contributed by atoms with Crippen molar-refractivity contribution in [1.82, 2.24) is 4.98 Å². The third-order valence-corrected chi connectivity index (χ3v) is 2.17. The van der Waals surface area contributed by atoms with Gasteiger partial charge in [0.05, 0.1) is 0 Å². The molecular formula is C6H17LiNSi. The fraction of sp³-hybridized carbons (Fsp3) is 1.00. The van der Waals surface area contributed by atoms with Crippen molar-refractivity contribution in [3.8, 4) is 0 Å². The van der Waals surface area contributed by atoms with Crippen LogP contribution in [0.3, 0.4) is 0 Å². The van der Waals surface area contributed by atoms with Crippen LogP contribution in [0.1, 0.15) is 13.8 Å². The van der Waals surface area contributed by atoms with Gasteiger partial charge in [-0.25, -0.2) is 0 Å². The quantitative estimate of drug-likeness (QED) is 0.569. The van der Waals surface area contributed by atoms with Crippen LogP contribution >= 0.6 is 0 Å². The van der Waals surface area contributed by atoms with Gasteiger partial charge in [-0.15, -0.1) is 0 Å². The Morgan fingerprint density at radius 2 is 1.44 bits per heavy atom. The molecule has 0 saturated heterocycles. The van der Waals surface area contributed by atoms with Crippen molar-refractivity contribution in [3.63, 3.8) is 0 Å². The van der Waals surface area contributed by atoms with Gasteiger partial charge in [-0.3, -0.25) is 0 Å². The zero-order valence-corrected chi connectivity index (χ0v) is 8.58. The standard InChI is InChI=1S/C6H17NSi.Li/c1-6(2)7-8(3,4)5;/h6-7H,1-5H3;. The fourth-order valence-corrected chi connectivity index (χ4v) is 2.60. The average molecular weight is 138 g/mol. The first-order valence-electron chi connectivity index (χ1n) is 3.19. The van der Waals surface area contributed by atoms with Crippen molar-refractivity contribution in [3.05, 3.63) is 0 Å². The molecule has 0 aliphatic carbocycles. The smallest absolute Gasteiger partial charge is 0.116 e. The molecule has 0 rings (SSSR count). The average Bonchev–Trinajstić information content (AvgIpc) is 1.21. The van der Waals surface area contributed by atoms with Crippen LogP contribution in [-0.4, -0.2) is 33.1 Å². The van der Waals surface area contributed by atoms with E-state index in [1.165, 1.54) is 0 Å². The topological polar surface area (TPSA) is 12.0 Å². The molecule has 0 aliphatic heterocycles. The largest absolute Gasteiger partial charge is 0.335 e. The summed E-state index contributed by atoms with van der Waals surface area (Å²) in [6.07, 6.45) is 0. The zero-order chi connectivity index (χ0) is 6.78. The Morgan fingerprint density at radius 3 is 1.44 bits per heavy atom. The van der Waals surface area contributed by atoms with Gasteiger partial charge in [0.2, 0.25) is 0 Å². The van der Waals surface area contributed by atoms with Gasteiger partial charge in [-0.2, -0.15) is 0 Å². The Kier molecular flexibility index (Phi) is 6.32. The van der Waals surface area contributed by atoms with Crippen molar-refractivity contribution in [2.45, 2.75) is 39.5 Å². The molecule has 51 valence electrons. The summed E-state index contributed by atoms with van der Waals surface area (Å²) < 4.78 is 0. The van der Waals surface area contributed by atoms with E-state index in [0.717, 1.165) is 0 Å². The van der Waals surface area contributed by atoms with E-state index < -0.39 is 8.24 Å². The van der Waals surface area contributed by atoms with E-state index in [-0.39, 0.29) is 18.9 Å². The second-order valence-electron chi connectivity index (χ2n) is 3.55. The summed E-state index contributed by atoms with van der Waals surface area (Å²) in [5.41, 5.74) is 0. The van der Waals surface area contributed by atoms with Crippen molar-refractivity contribution >= 4 is 27.1 Å². The second kappa shape index (κ2) is 4.57. The Balaban J connectivity index is 0. The predicted octanol–water partition coefficient (Wildman–Crippen LogP) is 1.44. The summed E-state index contributed by atoms with van der Waals surface area (Å²) in [5.74, 6) is 0. The molecule has 0 fully saturated rings. The molecule has 0 heterocycles. The summed E-state index contributed by atoms with van der Waals surface area (Å²) in [6, 6.07) is 0.654. The van der Waals surface area contributed by atoms with E-state index in [1.807, 2.05) is 0 Å². The number of nitrogens with one attached hydrogen (secondary N) is 1. The summed E-state index contributed by atoms with van der Waals surface area (Å²) >= 11 is 0. The summed E-state index contributed by atoms with van der Waals surface area (Å²) in [4.78, 5) is 3.52. The van der Waals surface area contributed by atoms with E-state index >= 15 is 0 Å². The molecule has 0 saturated carbocycles. The van der Waals surface area contributed by atoms with Crippen LogP contribution in [0.4, 0.5) is 0 Å². The molecule has 1 nitrogen and oxygen atoms in total. The van der Waals surface area contributed by atoms with Gasteiger partial charge < -0.3 is 4.98 Å². The van der Waals surface area contributed by atoms with E-state index in [9.17, 15) is 0 Å². The van der Waals surface area contributed by atoms with Crippen molar-refractivity contribution in [2.24, 2.45) is 0 Å². The first-order valence-corrected chi connectivity index (χ1v) is 6.69. The minimum atomic E-state index is -0.970. The maximum atomic E-state index is 3.52. The Hall–Kier alpha value is 0.774. The van der Waals surface area contributed by atoms with Crippen molar-refractivity contribution in [2.75, 3.05) is 0 Å². The van der Waals surface area contributed by atoms with Crippen molar-refractivity contribution < 1.29 is 0 Å². The molecule has 1 N–H and O–H groups in total. The molecule has 0 unspecified atom stereocenters. The van der Waals surface area contributed by atoms with Gasteiger partial charge >= 0.3 is 0 Å². The monoisotopic (exact) mass is 138 g/mol. The summed E-state index contributed by atoms with van der Waals surface area (Å²) in [5, 5.41) is 0. The number of rotatable bonds is 2. The first kappa shape index (κ1) is 12.5. The van der Waals surface area contributed by atoms with Crippen LogP contribution in [0.5, 0.6) is 0 Å². The maximum Gasteiger partial charge on any atom is 0.116 e. The third kappa shape index (κ3) is 12.1. The fourth-order valence-electron chi connectivity index (χ4n) is 0.866. The van der Waals surface area contributed by atoms with E-state index in [2.05, 4.69) is 38.5 Å². The molecule has 0 aromatic rings. The second-order valence-corrected chi connectivity index (χ2v) is 8.34. The maximum absolute atomic E-state index is 3.52. The van der Waals surface area contributed by atoms with E-state index in [1.54, 1.807) is 0 Å². The van der Waals surface area contributed by atoms with E-state index in [0.29, 0.717) is 6.04 Å². The van der Waals surface area contributed by atoms with Gasteiger partial charge in [0.1, 0.15) is 8.24 Å². The molecule has 0 amide bonds. The molecule has 0 aromatic carbocycles. The van der Waals surface area contributed by atoms with Gasteiger partial charge in [-0.1, -0.05) is 33.5 Å². The summed E-state index contributed by atoms with van der Waals surface area (Å²) in [7, 11) is -0.970. The molecule has 0 spiro atoms. The SMILES string of the molecule is CC(C)N[Si](C)(C)C.[Li].